The number of nitrogens with zero attached hydrogens (tertiary/aromatic N) is 1. The van der Waals surface area contributed by atoms with E-state index in [0.29, 0.717) is 11.8 Å². The molecule has 3 aromatic rings. The van der Waals surface area contributed by atoms with E-state index >= 15 is 0 Å². The molecule has 0 spiro atoms. The van der Waals surface area contributed by atoms with Crippen LogP contribution in [0.4, 0.5) is 0 Å². The van der Waals surface area contributed by atoms with Gasteiger partial charge in [0.2, 0.25) is 0 Å². The minimum Gasteiger partial charge on any atom is -0.512 e. The van der Waals surface area contributed by atoms with Crippen molar-refractivity contribution in [3.63, 3.8) is 0 Å². The van der Waals surface area contributed by atoms with Crippen LogP contribution in [0.1, 0.15) is 121 Å². The van der Waals surface area contributed by atoms with Crippen LogP contribution >= 0.6 is 0 Å². The molecule has 44 heavy (non-hydrogen) atoms. The fourth-order valence-electron chi connectivity index (χ4n) is 6.39. The van der Waals surface area contributed by atoms with E-state index < -0.39 is 0 Å². The van der Waals surface area contributed by atoms with Crippen LogP contribution < -0.4 is 0 Å². The first-order valence-corrected chi connectivity index (χ1v) is 16.5. The zero-order valence-corrected chi connectivity index (χ0v) is 31.1. The third-order valence-corrected chi connectivity index (χ3v) is 8.54. The summed E-state index contributed by atoms with van der Waals surface area (Å²) in [7, 11) is 0. The van der Waals surface area contributed by atoms with Crippen LogP contribution in [0, 0.1) is 43.6 Å². The zero-order valence-electron chi connectivity index (χ0n) is 28.7. The molecule has 1 heterocycles. The molecule has 2 aromatic carbocycles. The molecule has 0 amide bonds. The molecule has 4 rings (SSSR count). The topological polar surface area (TPSA) is 50.2 Å². The van der Waals surface area contributed by atoms with Crippen LogP contribution in [0.25, 0.3) is 21.9 Å². The van der Waals surface area contributed by atoms with Gasteiger partial charge in [-0.05, 0) is 72.9 Å². The molecule has 1 N–H and O–H groups in total. The van der Waals surface area contributed by atoms with E-state index in [9.17, 15) is 9.90 Å². The van der Waals surface area contributed by atoms with Crippen molar-refractivity contribution in [3.8, 4) is 0 Å². The van der Waals surface area contributed by atoms with Crippen molar-refractivity contribution >= 4 is 27.7 Å². The minimum atomic E-state index is 0. The number of aliphatic hydroxyl groups excluding tert-OH is 1. The Morgan fingerprint density at radius 1 is 0.886 bits per heavy atom. The molecule has 3 nitrogen and oxygen atoms in total. The fraction of sp³-hybridized carbons (Fsp3) is 0.500. The van der Waals surface area contributed by atoms with E-state index in [0.717, 1.165) is 44.2 Å². The monoisotopic (exact) mass is 773 g/mol. The smallest absolute Gasteiger partial charge is 0.162 e. The SMILES string of the molecule is CCC(CC)C(=O)/C=C(\O)C(CC)CC.Cc1[c-]c(C2=C(CC(C)C)c3cc(CC(C)C)cc4ccnc2c34)cc(C)c1.[Ir]. The predicted octanol–water partition coefficient (Wildman–Crippen LogP) is 11.0. The second-order valence-electron chi connectivity index (χ2n) is 13.2. The molecular formula is C40H54IrNO2-. The molecule has 1 aliphatic rings. The third-order valence-electron chi connectivity index (χ3n) is 8.54. The summed E-state index contributed by atoms with van der Waals surface area (Å²) in [5.74, 6) is 1.79. The zero-order chi connectivity index (χ0) is 31.8. The van der Waals surface area contributed by atoms with Gasteiger partial charge in [-0.1, -0.05) is 92.5 Å². The number of carbonyl (C=O) groups excluding carboxylic acids is 1. The normalized spacial score (nSPS) is 12.8. The van der Waals surface area contributed by atoms with E-state index in [2.05, 4.69) is 77.9 Å². The van der Waals surface area contributed by atoms with Crippen LogP contribution in [-0.4, -0.2) is 15.9 Å². The number of benzene rings is 2. The van der Waals surface area contributed by atoms with Gasteiger partial charge in [0.25, 0.3) is 0 Å². The van der Waals surface area contributed by atoms with Crippen molar-refractivity contribution in [3.05, 3.63) is 87.9 Å². The molecule has 4 heteroatoms. The van der Waals surface area contributed by atoms with Crippen LogP contribution in [0.3, 0.4) is 0 Å². The van der Waals surface area contributed by atoms with Gasteiger partial charge in [-0.25, -0.2) is 0 Å². The van der Waals surface area contributed by atoms with Gasteiger partial charge in [0.05, 0.1) is 5.76 Å². The summed E-state index contributed by atoms with van der Waals surface area (Å²) in [6.07, 6.45) is 9.05. The van der Waals surface area contributed by atoms with Gasteiger partial charge in [-0.15, -0.1) is 34.9 Å². The summed E-state index contributed by atoms with van der Waals surface area (Å²) in [5.41, 5.74) is 10.4. The van der Waals surface area contributed by atoms with Crippen LogP contribution in [0.5, 0.6) is 0 Å². The predicted molar refractivity (Wildman–Crippen MR) is 184 cm³/mol. The van der Waals surface area contributed by atoms with Crippen molar-refractivity contribution in [1.82, 2.24) is 4.98 Å². The first-order valence-electron chi connectivity index (χ1n) is 16.5. The van der Waals surface area contributed by atoms with E-state index in [-0.39, 0.29) is 43.5 Å². The number of pyridine rings is 1. The average Bonchev–Trinajstić information content (AvgIpc) is 3.23. The molecule has 1 aliphatic carbocycles. The molecule has 1 aromatic heterocycles. The van der Waals surface area contributed by atoms with Crippen molar-refractivity contribution in [2.45, 2.75) is 108 Å². The molecule has 0 bridgehead atoms. The maximum Gasteiger partial charge on any atom is 0.162 e. The van der Waals surface area contributed by atoms with E-state index in [1.54, 1.807) is 0 Å². The molecule has 1 radical (unpaired) electrons. The van der Waals surface area contributed by atoms with E-state index in [4.69, 9.17) is 4.98 Å². The maximum absolute atomic E-state index is 11.7. The van der Waals surface area contributed by atoms with Gasteiger partial charge in [-0.3, -0.25) is 9.78 Å². The molecule has 241 valence electrons. The summed E-state index contributed by atoms with van der Waals surface area (Å²) in [6, 6.07) is 15.1. The Hall–Kier alpha value is -2.55. The molecule has 0 saturated carbocycles. The van der Waals surface area contributed by atoms with Gasteiger partial charge >= 0.3 is 0 Å². The van der Waals surface area contributed by atoms with E-state index in [1.807, 2.05) is 33.9 Å². The number of ketones is 1. The Morgan fingerprint density at radius 2 is 1.50 bits per heavy atom. The standard InChI is InChI=1S/C27H30N.C13H24O2.Ir/c1-16(2)9-20-14-21-7-8-28-27-25(21)24(15-20)23(10-17(3)4)26(27)22-12-18(5)11-19(6)13-22;1-5-10(6-2)12(14)9-13(15)11(7-3)8-4;/h7-8,11-12,14-17H,9-10H2,1-6H3;9-11,14H,5-8H2,1-4H3;/q-1;;/b;12-9-;. The third kappa shape index (κ3) is 9.24. The summed E-state index contributed by atoms with van der Waals surface area (Å²) >= 11 is 0. The van der Waals surface area contributed by atoms with E-state index in [1.165, 1.54) is 55.8 Å². The first-order chi connectivity index (χ1) is 20.4. The Balaban J connectivity index is 0.000000363. The number of hydrogen-bond acceptors (Lipinski definition) is 3. The number of aliphatic hydroxyl groups is 1. The van der Waals surface area contributed by atoms with Crippen molar-refractivity contribution in [2.75, 3.05) is 0 Å². The quantitative estimate of drug-likeness (QED) is 0.113. The number of aryl methyl sites for hydroxylation is 2. The molecular weight excluding hydrogens is 719 g/mol. The van der Waals surface area contributed by atoms with Crippen LogP contribution in [-0.2, 0) is 31.3 Å². The fourth-order valence-corrected chi connectivity index (χ4v) is 6.39. The molecule has 0 saturated heterocycles. The molecule has 0 unspecified atom stereocenters. The first kappa shape index (κ1) is 37.6. The van der Waals surface area contributed by atoms with Crippen molar-refractivity contribution in [2.24, 2.45) is 23.7 Å². The van der Waals surface area contributed by atoms with Crippen molar-refractivity contribution < 1.29 is 30.0 Å². The molecule has 0 atom stereocenters. The summed E-state index contributed by atoms with van der Waals surface area (Å²) < 4.78 is 0. The Labute approximate surface area is 281 Å². The Kier molecular flexibility index (Phi) is 14.7. The molecule has 0 fully saturated rings. The van der Waals surface area contributed by atoms with Gasteiger partial charge in [0.15, 0.2) is 5.78 Å². The summed E-state index contributed by atoms with van der Waals surface area (Å²) in [4.78, 5) is 16.6. The maximum atomic E-state index is 11.7. The van der Waals surface area contributed by atoms with Gasteiger partial charge in [0.1, 0.15) is 0 Å². The number of aromatic nitrogens is 1. The Morgan fingerprint density at radius 3 is 2.05 bits per heavy atom. The van der Waals surface area contributed by atoms with Gasteiger partial charge < -0.3 is 5.11 Å². The summed E-state index contributed by atoms with van der Waals surface area (Å²) in [5, 5.41) is 12.4. The van der Waals surface area contributed by atoms with Crippen LogP contribution in [0.2, 0.25) is 0 Å². The number of carbonyl (C=O) groups is 1. The summed E-state index contributed by atoms with van der Waals surface area (Å²) in [6.45, 7) is 21.6. The van der Waals surface area contributed by atoms with Gasteiger partial charge in [-0.2, -0.15) is 0 Å². The van der Waals surface area contributed by atoms with Crippen molar-refractivity contribution in [1.29, 1.82) is 0 Å². The second-order valence-corrected chi connectivity index (χ2v) is 13.2. The average molecular weight is 773 g/mol. The number of hydrogen-bond donors (Lipinski definition) is 1. The Bertz CT molecular complexity index is 1450. The largest absolute Gasteiger partial charge is 0.512 e. The second kappa shape index (κ2) is 17.2. The molecule has 0 aliphatic heterocycles. The minimum absolute atomic E-state index is 0. The van der Waals surface area contributed by atoms with Crippen LogP contribution in [0.15, 0.2) is 48.4 Å². The number of rotatable bonds is 12. The number of allylic oxidation sites excluding steroid dienone is 3. The van der Waals surface area contributed by atoms with Gasteiger partial charge in [0, 0.05) is 55.3 Å².